The number of aromatic hydroxyl groups is 1. The second-order valence-corrected chi connectivity index (χ2v) is 7.77. The van der Waals surface area contributed by atoms with Crippen LogP contribution in [0.5, 0.6) is 5.75 Å². The predicted octanol–water partition coefficient (Wildman–Crippen LogP) is 3.48. The number of phenolic OH excluding ortho intramolecular Hbond substituents is 1. The summed E-state index contributed by atoms with van der Waals surface area (Å²) in [6, 6.07) is 13.0. The third-order valence-electron chi connectivity index (χ3n) is 4.57. The lowest BCUT2D eigenvalue weighted by molar-refractivity contribution is -0.113. The second kappa shape index (κ2) is 9.19. The number of fused-ring (bicyclic) bond motifs is 1. The van der Waals surface area contributed by atoms with E-state index < -0.39 is 0 Å². The Morgan fingerprint density at radius 2 is 2.00 bits per heavy atom. The Kier molecular flexibility index (Phi) is 6.19. The van der Waals surface area contributed by atoms with Gasteiger partial charge in [0, 0.05) is 13.2 Å². The van der Waals surface area contributed by atoms with Gasteiger partial charge in [-0.05, 0) is 29.8 Å². The molecule has 4 rings (SSSR count). The highest BCUT2D eigenvalue weighted by atomic mass is 32.2. The minimum Gasteiger partial charge on any atom is -0.507 e. The number of anilines is 1. The molecule has 2 aromatic carbocycles. The first-order chi connectivity index (χ1) is 15.0. The van der Waals surface area contributed by atoms with Crippen molar-refractivity contribution in [3.8, 4) is 17.1 Å². The first-order valence-corrected chi connectivity index (χ1v) is 10.5. The van der Waals surface area contributed by atoms with E-state index in [1.807, 2.05) is 34.9 Å². The molecule has 0 bridgehead atoms. The molecule has 160 valence electrons. The molecule has 0 atom stereocenters. The van der Waals surface area contributed by atoms with Gasteiger partial charge in [0.25, 0.3) is 0 Å². The first kappa shape index (κ1) is 20.9. The Balaban J connectivity index is 1.58. The Hall–Kier alpha value is -3.37. The molecule has 0 aliphatic rings. The molecule has 2 heterocycles. The molecule has 0 radical (unpaired) electrons. The van der Waals surface area contributed by atoms with Crippen molar-refractivity contribution < 1.29 is 19.2 Å². The van der Waals surface area contributed by atoms with E-state index in [0.717, 1.165) is 10.8 Å². The molecule has 0 saturated heterocycles. The second-order valence-electron chi connectivity index (χ2n) is 6.83. The summed E-state index contributed by atoms with van der Waals surface area (Å²) in [4.78, 5) is 12.3. The van der Waals surface area contributed by atoms with Crippen LogP contribution in [0.4, 0.5) is 5.82 Å². The van der Waals surface area contributed by atoms with Crippen LogP contribution in [0.15, 0.2) is 52.1 Å². The topological polar surface area (TPSA) is 115 Å². The Labute approximate surface area is 182 Å². The quantitative estimate of drug-likeness (QED) is 0.401. The van der Waals surface area contributed by atoms with Crippen LogP contribution in [0.3, 0.4) is 0 Å². The van der Waals surface area contributed by atoms with Crippen molar-refractivity contribution >= 4 is 34.3 Å². The van der Waals surface area contributed by atoms with Crippen LogP contribution in [0, 0.1) is 6.92 Å². The number of hydrogen-bond acceptors (Lipinski definition) is 8. The van der Waals surface area contributed by atoms with Crippen LogP contribution in [-0.4, -0.2) is 50.4 Å². The standard InChI is InChI=1S/C21H21N5O4S/c1-13-9-18(25-30-13)22-19(28)12-31-21-24-23-20(26(21)7-8-29-2)16-10-14-5-3-4-6-15(14)11-17(16)27/h3-6,9-11,27H,7-8,12H2,1-2H3,(H,22,25,28). The van der Waals surface area contributed by atoms with Gasteiger partial charge in [0.05, 0.1) is 24.5 Å². The molecule has 0 fully saturated rings. The maximum Gasteiger partial charge on any atom is 0.236 e. The molecule has 0 spiro atoms. The highest BCUT2D eigenvalue weighted by molar-refractivity contribution is 7.99. The molecule has 31 heavy (non-hydrogen) atoms. The van der Waals surface area contributed by atoms with Crippen molar-refractivity contribution in [2.75, 3.05) is 24.8 Å². The molecule has 2 aromatic heterocycles. The number of amides is 1. The van der Waals surface area contributed by atoms with E-state index in [-0.39, 0.29) is 17.4 Å². The van der Waals surface area contributed by atoms with E-state index in [1.54, 1.807) is 26.2 Å². The number of carbonyl (C=O) groups is 1. The van der Waals surface area contributed by atoms with Crippen molar-refractivity contribution in [3.63, 3.8) is 0 Å². The van der Waals surface area contributed by atoms with Gasteiger partial charge in [-0.1, -0.05) is 41.2 Å². The van der Waals surface area contributed by atoms with Crippen molar-refractivity contribution in [3.05, 3.63) is 48.2 Å². The molecule has 4 aromatic rings. The predicted molar refractivity (Wildman–Crippen MR) is 117 cm³/mol. The summed E-state index contributed by atoms with van der Waals surface area (Å²) in [6.45, 7) is 2.65. The molecular formula is C21H21N5O4S. The molecule has 9 nitrogen and oxygen atoms in total. The summed E-state index contributed by atoms with van der Waals surface area (Å²) in [7, 11) is 1.61. The van der Waals surface area contributed by atoms with E-state index >= 15 is 0 Å². The fourth-order valence-electron chi connectivity index (χ4n) is 3.12. The molecule has 0 saturated carbocycles. The number of ether oxygens (including phenoxy) is 1. The summed E-state index contributed by atoms with van der Waals surface area (Å²) in [5, 5.41) is 28.0. The van der Waals surface area contributed by atoms with Crippen LogP contribution in [0.1, 0.15) is 5.76 Å². The van der Waals surface area contributed by atoms with Gasteiger partial charge < -0.3 is 19.7 Å². The van der Waals surface area contributed by atoms with Crippen molar-refractivity contribution in [1.82, 2.24) is 19.9 Å². The number of nitrogens with one attached hydrogen (secondary N) is 1. The highest BCUT2D eigenvalue weighted by Crippen LogP contribution is 2.34. The normalized spacial score (nSPS) is 11.2. The molecule has 0 unspecified atom stereocenters. The number of benzene rings is 2. The van der Waals surface area contributed by atoms with Gasteiger partial charge in [-0.15, -0.1) is 10.2 Å². The lowest BCUT2D eigenvalue weighted by Crippen LogP contribution is -2.15. The first-order valence-electron chi connectivity index (χ1n) is 9.55. The molecule has 2 N–H and O–H groups in total. The smallest absolute Gasteiger partial charge is 0.236 e. The van der Waals surface area contributed by atoms with Crippen LogP contribution < -0.4 is 5.32 Å². The monoisotopic (exact) mass is 439 g/mol. The van der Waals surface area contributed by atoms with Gasteiger partial charge in [-0.25, -0.2) is 0 Å². The van der Waals surface area contributed by atoms with Crippen LogP contribution in [-0.2, 0) is 16.1 Å². The Morgan fingerprint density at radius 3 is 2.71 bits per heavy atom. The number of hydrogen-bond donors (Lipinski definition) is 2. The zero-order chi connectivity index (χ0) is 21.8. The van der Waals surface area contributed by atoms with E-state index in [1.165, 1.54) is 11.8 Å². The minimum atomic E-state index is -0.241. The van der Waals surface area contributed by atoms with Gasteiger partial charge in [0.2, 0.25) is 5.91 Å². The summed E-state index contributed by atoms with van der Waals surface area (Å²) >= 11 is 1.24. The van der Waals surface area contributed by atoms with Gasteiger partial charge in [0.1, 0.15) is 11.5 Å². The number of carbonyl (C=O) groups excluding carboxylic acids is 1. The van der Waals surface area contributed by atoms with Crippen molar-refractivity contribution in [1.29, 1.82) is 0 Å². The third kappa shape index (κ3) is 4.70. The van der Waals surface area contributed by atoms with E-state index in [9.17, 15) is 9.90 Å². The zero-order valence-electron chi connectivity index (χ0n) is 17.0. The molecule has 10 heteroatoms. The van der Waals surface area contributed by atoms with E-state index in [0.29, 0.717) is 41.3 Å². The molecule has 1 amide bonds. The number of aromatic nitrogens is 4. The van der Waals surface area contributed by atoms with Crippen LogP contribution >= 0.6 is 11.8 Å². The van der Waals surface area contributed by atoms with Gasteiger partial charge in [0.15, 0.2) is 16.8 Å². The number of nitrogens with zero attached hydrogens (tertiary/aromatic N) is 4. The SMILES string of the molecule is COCCn1c(SCC(=O)Nc2cc(C)on2)nnc1-c1cc2ccccc2cc1O. The average molecular weight is 439 g/mol. The van der Waals surface area contributed by atoms with Crippen molar-refractivity contribution in [2.45, 2.75) is 18.6 Å². The number of rotatable bonds is 8. The number of thioether (sulfide) groups is 1. The highest BCUT2D eigenvalue weighted by Gasteiger charge is 2.19. The molecule has 0 aliphatic heterocycles. The summed E-state index contributed by atoms with van der Waals surface area (Å²) in [6.07, 6.45) is 0. The maximum absolute atomic E-state index is 12.3. The van der Waals surface area contributed by atoms with E-state index in [4.69, 9.17) is 9.26 Å². The largest absolute Gasteiger partial charge is 0.507 e. The van der Waals surface area contributed by atoms with E-state index in [2.05, 4.69) is 20.7 Å². The maximum atomic E-state index is 12.3. The fourth-order valence-corrected chi connectivity index (χ4v) is 3.89. The lowest BCUT2D eigenvalue weighted by atomic mass is 10.1. The lowest BCUT2D eigenvalue weighted by Gasteiger charge is -2.11. The summed E-state index contributed by atoms with van der Waals surface area (Å²) in [5.74, 6) is 1.47. The zero-order valence-corrected chi connectivity index (χ0v) is 17.8. The number of methoxy groups -OCH3 is 1. The Morgan fingerprint density at radius 1 is 1.23 bits per heavy atom. The third-order valence-corrected chi connectivity index (χ3v) is 5.54. The minimum absolute atomic E-state index is 0.112. The number of phenols is 1. The van der Waals surface area contributed by atoms with Gasteiger partial charge in [-0.2, -0.15) is 0 Å². The van der Waals surface area contributed by atoms with Gasteiger partial charge >= 0.3 is 0 Å². The van der Waals surface area contributed by atoms with Crippen molar-refractivity contribution in [2.24, 2.45) is 0 Å². The Bertz CT molecular complexity index is 1220. The summed E-state index contributed by atoms with van der Waals surface area (Å²) in [5.41, 5.74) is 0.566. The average Bonchev–Trinajstić information content (AvgIpc) is 3.35. The van der Waals surface area contributed by atoms with Gasteiger partial charge in [-0.3, -0.25) is 9.36 Å². The van der Waals surface area contributed by atoms with Crippen LogP contribution in [0.2, 0.25) is 0 Å². The van der Waals surface area contributed by atoms with Crippen LogP contribution in [0.25, 0.3) is 22.2 Å². The number of aryl methyl sites for hydroxylation is 1. The fraction of sp³-hybridized carbons (Fsp3) is 0.238. The molecule has 0 aliphatic carbocycles. The molecular weight excluding hydrogens is 418 g/mol. The summed E-state index contributed by atoms with van der Waals surface area (Å²) < 4.78 is 12.0.